The molecule has 0 amide bonds. The van der Waals surface area contributed by atoms with E-state index in [1.165, 1.54) is 11.3 Å². The Kier molecular flexibility index (Phi) is 2.07. The first-order chi connectivity index (χ1) is 5.75. The molecule has 2 aliphatic rings. The van der Waals surface area contributed by atoms with Crippen LogP contribution in [0.25, 0.3) is 0 Å². The highest BCUT2D eigenvalue weighted by Gasteiger charge is 2.19. The Morgan fingerprint density at radius 1 is 1.58 bits per heavy atom. The summed E-state index contributed by atoms with van der Waals surface area (Å²) in [5.74, 6) is 0. The van der Waals surface area contributed by atoms with Crippen LogP contribution < -0.4 is 5.32 Å². The van der Waals surface area contributed by atoms with Crippen molar-refractivity contribution in [3.63, 3.8) is 0 Å². The van der Waals surface area contributed by atoms with E-state index >= 15 is 0 Å². The van der Waals surface area contributed by atoms with Gasteiger partial charge in [0.1, 0.15) is 0 Å². The molecule has 0 aromatic rings. The van der Waals surface area contributed by atoms with Gasteiger partial charge in [-0.05, 0) is 24.2 Å². The van der Waals surface area contributed by atoms with Crippen LogP contribution >= 0.6 is 11.6 Å². The Balaban J connectivity index is 2.14. The quantitative estimate of drug-likeness (QED) is 0.565. The maximum atomic E-state index is 5.76. The summed E-state index contributed by atoms with van der Waals surface area (Å²) in [6, 6.07) is 0. The summed E-state index contributed by atoms with van der Waals surface area (Å²) in [5, 5.41) is 3.65. The average Bonchev–Trinajstić information content (AvgIpc) is 2.05. The molecule has 0 atom stereocenters. The second kappa shape index (κ2) is 3.07. The van der Waals surface area contributed by atoms with Crippen molar-refractivity contribution in [3.05, 3.63) is 11.3 Å². The minimum Gasteiger partial charge on any atom is -0.334 e. The maximum Gasteiger partial charge on any atom is 0.195 e. The van der Waals surface area contributed by atoms with Gasteiger partial charge in [0.15, 0.2) is 5.29 Å². The second-order valence-electron chi connectivity index (χ2n) is 3.30. The standard InChI is InChI=1S/C8H12ClN3/c1-12-3-2-7-6(5-12)4-10-8(9)11-7/h2-5H2,1H3,(H,10,11). The van der Waals surface area contributed by atoms with Crippen molar-refractivity contribution in [2.24, 2.45) is 4.99 Å². The van der Waals surface area contributed by atoms with Gasteiger partial charge in [0.25, 0.3) is 0 Å². The molecule has 0 radical (unpaired) electrons. The van der Waals surface area contributed by atoms with E-state index in [1.807, 2.05) is 0 Å². The molecule has 1 N–H and O–H groups in total. The van der Waals surface area contributed by atoms with Crippen molar-refractivity contribution in [2.75, 3.05) is 26.7 Å². The lowest BCUT2D eigenvalue weighted by Gasteiger charge is -2.29. The Hall–Kier alpha value is -0.540. The van der Waals surface area contributed by atoms with E-state index in [4.69, 9.17) is 11.6 Å². The number of amidine groups is 1. The van der Waals surface area contributed by atoms with Crippen molar-refractivity contribution in [2.45, 2.75) is 6.42 Å². The highest BCUT2D eigenvalue weighted by molar-refractivity contribution is 6.65. The molecule has 0 unspecified atom stereocenters. The van der Waals surface area contributed by atoms with Gasteiger partial charge in [-0.2, -0.15) is 0 Å². The molecule has 0 aromatic carbocycles. The molecule has 12 heavy (non-hydrogen) atoms. The Morgan fingerprint density at radius 2 is 2.42 bits per heavy atom. The lowest BCUT2D eigenvalue weighted by molar-refractivity contribution is 0.341. The van der Waals surface area contributed by atoms with Crippen LogP contribution in [0, 0.1) is 0 Å². The molecule has 0 fully saturated rings. The summed E-state index contributed by atoms with van der Waals surface area (Å²) >= 11 is 5.76. The van der Waals surface area contributed by atoms with Crippen molar-refractivity contribution in [3.8, 4) is 0 Å². The van der Waals surface area contributed by atoms with Gasteiger partial charge in [0.05, 0.1) is 6.54 Å². The Labute approximate surface area is 77.1 Å². The van der Waals surface area contributed by atoms with Crippen LogP contribution in [0.1, 0.15) is 6.42 Å². The maximum absolute atomic E-state index is 5.76. The predicted octanol–water partition coefficient (Wildman–Crippen LogP) is 0.774. The normalized spacial score (nSPS) is 24.7. The summed E-state index contributed by atoms with van der Waals surface area (Å²) in [7, 11) is 2.13. The highest BCUT2D eigenvalue weighted by atomic mass is 35.5. The van der Waals surface area contributed by atoms with Gasteiger partial charge in [-0.1, -0.05) is 0 Å². The topological polar surface area (TPSA) is 27.6 Å². The first-order valence-corrected chi connectivity index (χ1v) is 4.50. The van der Waals surface area contributed by atoms with Crippen molar-refractivity contribution < 1.29 is 0 Å². The fraction of sp³-hybridized carbons (Fsp3) is 0.625. The number of hydrogen-bond acceptors (Lipinski definition) is 3. The van der Waals surface area contributed by atoms with Crippen molar-refractivity contribution >= 4 is 16.9 Å². The van der Waals surface area contributed by atoms with Gasteiger partial charge >= 0.3 is 0 Å². The molecule has 0 saturated heterocycles. The largest absolute Gasteiger partial charge is 0.334 e. The van der Waals surface area contributed by atoms with Crippen molar-refractivity contribution in [1.82, 2.24) is 10.2 Å². The van der Waals surface area contributed by atoms with Crippen LogP contribution in [-0.4, -0.2) is 36.9 Å². The number of likely N-dealkylation sites (N-methyl/N-ethyl adjacent to an activating group) is 1. The summed E-state index contributed by atoms with van der Waals surface area (Å²) in [4.78, 5) is 6.44. The molecular weight excluding hydrogens is 174 g/mol. The van der Waals surface area contributed by atoms with E-state index in [0.29, 0.717) is 5.29 Å². The minimum absolute atomic E-state index is 0.540. The summed E-state index contributed by atoms with van der Waals surface area (Å²) < 4.78 is 0. The van der Waals surface area contributed by atoms with Gasteiger partial charge in [0.2, 0.25) is 0 Å². The van der Waals surface area contributed by atoms with E-state index in [9.17, 15) is 0 Å². The van der Waals surface area contributed by atoms with Gasteiger partial charge in [0, 0.05) is 25.2 Å². The van der Waals surface area contributed by atoms with E-state index in [-0.39, 0.29) is 0 Å². The van der Waals surface area contributed by atoms with E-state index in [2.05, 4.69) is 22.3 Å². The van der Waals surface area contributed by atoms with Crippen LogP contribution in [0.15, 0.2) is 16.3 Å². The van der Waals surface area contributed by atoms with Gasteiger partial charge in [-0.15, -0.1) is 0 Å². The highest BCUT2D eigenvalue weighted by Crippen LogP contribution is 2.18. The van der Waals surface area contributed by atoms with Crippen LogP contribution in [0.5, 0.6) is 0 Å². The van der Waals surface area contributed by atoms with Crippen LogP contribution in [0.3, 0.4) is 0 Å². The van der Waals surface area contributed by atoms with Gasteiger partial charge < -0.3 is 10.2 Å². The van der Waals surface area contributed by atoms with Crippen LogP contribution in [-0.2, 0) is 0 Å². The Bertz CT molecular complexity index is 257. The minimum atomic E-state index is 0.540. The predicted molar refractivity (Wildman–Crippen MR) is 50.4 cm³/mol. The zero-order valence-corrected chi connectivity index (χ0v) is 7.86. The smallest absolute Gasteiger partial charge is 0.195 e. The zero-order chi connectivity index (χ0) is 8.55. The van der Waals surface area contributed by atoms with Gasteiger partial charge in [-0.25, -0.2) is 0 Å². The average molecular weight is 186 g/mol. The summed E-state index contributed by atoms with van der Waals surface area (Å²) in [6.07, 6.45) is 1.07. The number of rotatable bonds is 0. The molecular formula is C8H12ClN3. The second-order valence-corrected chi connectivity index (χ2v) is 3.66. The molecule has 0 aliphatic carbocycles. The summed E-state index contributed by atoms with van der Waals surface area (Å²) in [6.45, 7) is 2.90. The first-order valence-electron chi connectivity index (χ1n) is 4.12. The first kappa shape index (κ1) is 8.08. The number of nitrogens with zero attached hydrogens (tertiary/aromatic N) is 2. The molecule has 2 heterocycles. The molecule has 3 nitrogen and oxygen atoms in total. The summed E-state index contributed by atoms with van der Waals surface area (Å²) in [5.41, 5.74) is 2.67. The number of halogens is 1. The molecule has 0 saturated carbocycles. The fourth-order valence-electron chi connectivity index (χ4n) is 1.60. The Morgan fingerprint density at radius 3 is 3.25 bits per heavy atom. The monoisotopic (exact) mass is 185 g/mol. The SMILES string of the molecule is CN1CCC2=C(CN=C(Cl)N2)C1. The third kappa shape index (κ3) is 1.47. The lowest BCUT2D eigenvalue weighted by atomic mass is 10.1. The third-order valence-corrected chi connectivity index (χ3v) is 2.51. The number of aliphatic imine (C=N–C) groups is 1. The van der Waals surface area contributed by atoms with E-state index in [0.717, 1.165) is 26.1 Å². The third-order valence-electron chi connectivity index (χ3n) is 2.29. The van der Waals surface area contributed by atoms with Crippen LogP contribution in [0.4, 0.5) is 0 Å². The fourth-order valence-corrected chi connectivity index (χ4v) is 1.78. The van der Waals surface area contributed by atoms with Crippen molar-refractivity contribution in [1.29, 1.82) is 0 Å². The van der Waals surface area contributed by atoms with E-state index in [1.54, 1.807) is 0 Å². The molecule has 2 aliphatic heterocycles. The molecule has 0 aromatic heterocycles. The number of nitrogens with one attached hydrogen (secondary N) is 1. The van der Waals surface area contributed by atoms with E-state index < -0.39 is 0 Å². The zero-order valence-electron chi connectivity index (χ0n) is 7.10. The lowest BCUT2D eigenvalue weighted by Crippen LogP contribution is -2.36. The molecule has 0 bridgehead atoms. The number of hydrogen-bond donors (Lipinski definition) is 1. The molecule has 66 valence electrons. The van der Waals surface area contributed by atoms with Gasteiger partial charge in [-0.3, -0.25) is 4.99 Å². The molecule has 2 rings (SSSR count). The molecule has 4 heteroatoms. The van der Waals surface area contributed by atoms with Crippen LogP contribution in [0.2, 0.25) is 0 Å². The molecule has 0 spiro atoms.